The summed E-state index contributed by atoms with van der Waals surface area (Å²) in [4.78, 5) is 5.19. The van der Waals surface area contributed by atoms with E-state index in [1.165, 1.54) is 6.42 Å². The van der Waals surface area contributed by atoms with Crippen LogP contribution in [0.3, 0.4) is 0 Å². The molecule has 13 heteroatoms. The van der Waals surface area contributed by atoms with Gasteiger partial charge >= 0.3 is 0 Å². The van der Waals surface area contributed by atoms with Crippen LogP contribution in [0.25, 0.3) is 0 Å². The molecular formula is C68H110N3O8S2+. The van der Waals surface area contributed by atoms with E-state index in [0.717, 1.165) is 178 Å². The fraction of sp³-hybridized carbons (Fsp3) is 0.647. The highest BCUT2D eigenvalue weighted by atomic mass is 32.3. The quantitative estimate of drug-likeness (QED) is 0.0206. The van der Waals surface area contributed by atoms with E-state index < -0.39 is 56.1 Å². The van der Waals surface area contributed by atoms with E-state index in [9.17, 15) is 28.4 Å². The molecule has 2 aliphatic rings. The second kappa shape index (κ2) is 30.0. The van der Waals surface area contributed by atoms with E-state index in [1.54, 1.807) is 0 Å². The number of aliphatic hydroxyl groups is 2. The molecule has 2 heterocycles. The summed E-state index contributed by atoms with van der Waals surface area (Å²) >= 11 is 0. The van der Waals surface area contributed by atoms with Crippen molar-refractivity contribution in [3.63, 3.8) is 0 Å². The Labute approximate surface area is 494 Å². The molecule has 0 saturated carbocycles. The maximum atomic E-state index is 12.7. The smallest absolute Gasteiger partial charge is 0.119 e. The van der Waals surface area contributed by atoms with Crippen molar-refractivity contribution in [2.75, 3.05) is 83.3 Å². The lowest BCUT2D eigenvalue weighted by Crippen LogP contribution is -2.43. The van der Waals surface area contributed by atoms with Crippen LogP contribution in [0.5, 0.6) is 11.5 Å². The SMILES string of the molecule is CCCCC1(CCCC)CS(O)(O)c2ccc(N(C)C)cc2[C@@H](c2ccc(OCCCCC(C)C[N+](C)(C)CCCCCC(C)Oc3ccc([C@@H]4c5cc(N(C)C)ccc5S(O)(O)CC(CCCC)(CCCC)[C@@H]4O)cc3)cc2)[C@H]1O. The maximum Gasteiger partial charge on any atom is 0.119 e. The number of rotatable bonds is 32. The summed E-state index contributed by atoms with van der Waals surface area (Å²) in [6.07, 6.45) is 16.8. The summed E-state index contributed by atoms with van der Waals surface area (Å²) < 4.78 is 61.5. The maximum absolute atomic E-state index is 12.7. The molecular weight excluding hydrogens is 1050 g/mol. The zero-order valence-electron chi connectivity index (χ0n) is 52.2. The van der Waals surface area contributed by atoms with Gasteiger partial charge in [0.1, 0.15) is 11.5 Å². The lowest BCUT2D eigenvalue weighted by Gasteiger charge is -2.44. The second-order valence-corrected chi connectivity index (χ2v) is 30.2. The van der Waals surface area contributed by atoms with Crippen molar-refractivity contribution < 1.29 is 42.4 Å². The molecule has 6 N–H and O–H groups in total. The van der Waals surface area contributed by atoms with Crippen molar-refractivity contribution in [1.82, 2.24) is 0 Å². The van der Waals surface area contributed by atoms with Crippen LogP contribution < -0.4 is 19.3 Å². The Balaban J connectivity index is 0.964. The molecule has 0 amide bonds. The van der Waals surface area contributed by atoms with E-state index in [0.29, 0.717) is 22.3 Å². The predicted molar refractivity (Wildman–Crippen MR) is 344 cm³/mol. The Bertz CT molecular complexity index is 2500. The second-order valence-electron chi connectivity index (χ2n) is 26.0. The van der Waals surface area contributed by atoms with Crippen LogP contribution in [0.4, 0.5) is 11.4 Å². The van der Waals surface area contributed by atoms with Crippen molar-refractivity contribution in [2.24, 2.45) is 16.7 Å². The molecule has 4 aromatic carbocycles. The van der Waals surface area contributed by atoms with Crippen LogP contribution in [-0.4, -0.2) is 125 Å². The Hall–Kier alpha value is -3.50. The first-order chi connectivity index (χ1) is 38.5. The predicted octanol–water partition coefficient (Wildman–Crippen LogP) is 17.1. The number of aliphatic hydroxyl groups excluding tert-OH is 2. The van der Waals surface area contributed by atoms with Crippen LogP contribution in [-0.2, 0) is 0 Å². The molecule has 6 rings (SSSR count). The molecule has 0 aliphatic carbocycles. The fourth-order valence-corrected chi connectivity index (χ4v) is 18.2. The summed E-state index contributed by atoms with van der Waals surface area (Å²) in [6, 6.07) is 28.2. The van der Waals surface area contributed by atoms with Crippen molar-refractivity contribution >= 4 is 32.6 Å². The minimum atomic E-state index is -3.17. The summed E-state index contributed by atoms with van der Waals surface area (Å²) in [6.45, 7) is 16.1. The Morgan fingerprint density at radius 1 is 0.543 bits per heavy atom. The minimum absolute atomic E-state index is 0.0612. The van der Waals surface area contributed by atoms with Crippen LogP contribution in [0.1, 0.15) is 198 Å². The van der Waals surface area contributed by atoms with Crippen LogP contribution in [0, 0.1) is 16.7 Å². The number of benzene rings is 4. The number of hydrogen-bond acceptors (Lipinski definition) is 10. The first-order valence-corrected chi connectivity index (χ1v) is 34.7. The van der Waals surface area contributed by atoms with Gasteiger partial charge in [-0.25, -0.2) is 0 Å². The lowest BCUT2D eigenvalue weighted by atomic mass is 9.68. The zero-order chi connectivity index (χ0) is 59.2. The number of quaternary nitrogens is 1. The largest absolute Gasteiger partial charge is 0.494 e. The highest BCUT2D eigenvalue weighted by molar-refractivity contribution is 8.24. The van der Waals surface area contributed by atoms with Gasteiger partial charge in [0.2, 0.25) is 0 Å². The number of unbranched alkanes of at least 4 members (excludes halogenated alkanes) is 7. The van der Waals surface area contributed by atoms with E-state index in [-0.39, 0.29) is 17.6 Å². The molecule has 11 nitrogen and oxygen atoms in total. The number of nitrogens with zero attached hydrogens (tertiary/aromatic N) is 3. The zero-order valence-corrected chi connectivity index (χ0v) is 53.8. The molecule has 81 heavy (non-hydrogen) atoms. The molecule has 6 atom stereocenters. The third-order valence-electron chi connectivity index (χ3n) is 18.2. The Morgan fingerprint density at radius 3 is 1.38 bits per heavy atom. The summed E-state index contributed by atoms with van der Waals surface area (Å²) in [5, 5.41) is 25.3. The molecule has 0 aromatic heterocycles. The van der Waals surface area contributed by atoms with Crippen molar-refractivity contribution in [3.8, 4) is 11.5 Å². The topological polar surface area (TPSA) is 146 Å². The van der Waals surface area contributed by atoms with E-state index in [4.69, 9.17) is 9.47 Å². The fourth-order valence-electron chi connectivity index (χ4n) is 13.6. The van der Waals surface area contributed by atoms with Gasteiger partial charge in [0.05, 0.1) is 73.4 Å². The number of ether oxygens (including phenoxy) is 2. The van der Waals surface area contributed by atoms with Crippen LogP contribution >= 0.6 is 21.2 Å². The molecule has 0 saturated heterocycles. The van der Waals surface area contributed by atoms with E-state index in [1.807, 2.05) is 86.5 Å². The number of anilines is 2. The van der Waals surface area contributed by atoms with Gasteiger partial charge in [-0.2, -0.15) is 21.2 Å². The molecule has 456 valence electrons. The van der Waals surface area contributed by atoms with Gasteiger partial charge in [0, 0.05) is 68.1 Å². The Morgan fingerprint density at radius 2 is 0.963 bits per heavy atom. The molecule has 2 unspecified atom stereocenters. The van der Waals surface area contributed by atoms with Gasteiger partial charge < -0.3 is 34.0 Å². The lowest BCUT2D eigenvalue weighted by molar-refractivity contribution is -0.893. The first kappa shape index (κ1) is 66.6. The van der Waals surface area contributed by atoms with Crippen LogP contribution in [0.2, 0.25) is 0 Å². The summed E-state index contributed by atoms with van der Waals surface area (Å²) in [5.74, 6) is 1.77. The van der Waals surface area contributed by atoms with E-state index >= 15 is 0 Å². The highest BCUT2D eigenvalue weighted by Gasteiger charge is 2.51. The average molecular weight is 1160 g/mol. The third kappa shape index (κ3) is 17.3. The molecule has 0 spiro atoms. The Kier molecular flexibility index (Phi) is 24.7. The number of fused-ring (bicyclic) bond motifs is 2. The molecule has 2 aliphatic heterocycles. The monoisotopic (exact) mass is 1160 g/mol. The van der Waals surface area contributed by atoms with Crippen molar-refractivity contribution in [2.45, 2.75) is 203 Å². The molecule has 4 aromatic rings. The van der Waals surface area contributed by atoms with Crippen LogP contribution in [0.15, 0.2) is 94.7 Å². The minimum Gasteiger partial charge on any atom is -0.494 e. The summed E-state index contributed by atoms with van der Waals surface area (Å²) in [7, 11) is 6.37. The van der Waals surface area contributed by atoms with Crippen molar-refractivity contribution in [1.29, 1.82) is 0 Å². The van der Waals surface area contributed by atoms with Gasteiger partial charge in [-0.05, 0) is 160 Å². The average Bonchev–Trinajstić information content (AvgIpc) is 3.57. The third-order valence-corrected chi connectivity index (χ3v) is 22.3. The summed E-state index contributed by atoms with van der Waals surface area (Å²) in [5.41, 5.74) is 4.25. The van der Waals surface area contributed by atoms with Crippen molar-refractivity contribution in [3.05, 3.63) is 107 Å². The molecule has 0 bridgehead atoms. The van der Waals surface area contributed by atoms with E-state index in [2.05, 4.69) is 92.0 Å². The standard InChI is InChI=1S/C68H109N3O8S2/c1-13-17-40-67(41-18-14-2)49-80(74,75)61-38-32-55(69(7)8)46-59(61)63(65(67)72)53-28-34-57(35-29-53)78-45-25-23-26-51(5)48-71(11,12)44-24-21-22-27-52(6)79-58-36-30-54(31-37-58)64-60-47-56(70(9)10)33-39-62(60)81(76,77)50-68(66(64)73,42-19-15-3)43-20-16-4/h28-39,46-47,51-52,63-66,72-73H,13-27,40-45,48-50H2,1-12H3,(H3-,74,75,76,77)/p+1/t51?,52?,63-,64-,65-,66-/m1/s1. The first-order valence-electron chi connectivity index (χ1n) is 31.3. The molecule has 0 fully saturated rings. The van der Waals surface area contributed by atoms with Gasteiger partial charge in [-0.3, -0.25) is 18.2 Å². The normalized spacial score (nSPS) is 21.6. The van der Waals surface area contributed by atoms with Gasteiger partial charge in [-0.1, -0.05) is 110 Å². The van der Waals surface area contributed by atoms with Gasteiger partial charge in [0.15, 0.2) is 0 Å². The van der Waals surface area contributed by atoms with Gasteiger partial charge in [0.25, 0.3) is 0 Å². The highest BCUT2D eigenvalue weighted by Crippen LogP contribution is 2.64. The molecule has 0 radical (unpaired) electrons. The number of hydrogen-bond donors (Lipinski definition) is 6. The van der Waals surface area contributed by atoms with Gasteiger partial charge in [-0.15, -0.1) is 0 Å².